The second kappa shape index (κ2) is 5.24. The average molecular weight is 335 g/mol. The lowest BCUT2D eigenvalue weighted by molar-refractivity contribution is 0.0170. The Kier molecular flexibility index (Phi) is 3.93. The summed E-state index contributed by atoms with van der Waals surface area (Å²) in [6.07, 6.45) is 1.67. The number of halogens is 1. The summed E-state index contributed by atoms with van der Waals surface area (Å²) in [5.74, 6) is 0.736. The predicted molar refractivity (Wildman–Crippen MR) is 68.6 cm³/mol. The van der Waals surface area contributed by atoms with Crippen molar-refractivity contribution in [3.05, 3.63) is 25.9 Å². The average Bonchev–Trinajstić information content (AvgIpc) is 2.31. The van der Waals surface area contributed by atoms with Crippen molar-refractivity contribution in [1.29, 1.82) is 0 Å². The first-order chi connectivity index (χ1) is 7.68. The van der Waals surface area contributed by atoms with Crippen molar-refractivity contribution in [2.45, 2.75) is 19.6 Å². The molecule has 1 saturated heterocycles. The molecule has 0 bridgehead atoms. The van der Waals surface area contributed by atoms with Gasteiger partial charge in [-0.15, -0.1) is 0 Å². The van der Waals surface area contributed by atoms with E-state index in [0.29, 0.717) is 16.7 Å². The fraction of sp³-hybridized carbons (Fsp3) is 0.600. The lowest BCUT2D eigenvalue weighted by Crippen LogP contribution is -2.43. The van der Waals surface area contributed by atoms with E-state index in [2.05, 4.69) is 10.3 Å². The number of aryl methyl sites for hydroxylation is 1. The van der Waals surface area contributed by atoms with Gasteiger partial charge in [-0.05, 0) is 29.5 Å². The van der Waals surface area contributed by atoms with Crippen molar-refractivity contribution in [2.24, 2.45) is 0 Å². The Labute approximate surface area is 107 Å². The van der Waals surface area contributed by atoms with E-state index >= 15 is 0 Å². The Balaban J connectivity index is 2.20. The highest BCUT2D eigenvalue weighted by molar-refractivity contribution is 14.1. The quantitative estimate of drug-likeness (QED) is 0.782. The zero-order valence-corrected chi connectivity index (χ0v) is 11.2. The largest absolute Gasteiger partial charge is 0.374 e. The molecule has 1 fully saturated rings. The van der Waals surface area contributed by atoms with E-state index in [4.69, 9.17) is 4.74 Å². The standard InChI is InChI=1S/C10H14IN3O2/c1-7-13-5-9(11)10(15)14(7)6-8-4-12-2-3-16-8/h5,8,12H,2-4,6H2,1H3. The van der Waals surface area contributed by atoms with Crippen molar-refractivity contribution < 1.29 is 4.74 Å². The highest BCUT2D eigenvalue weighted by Gasteiger charge is 2.16. The number of hydrogen-bond acceptors (Lipinski definition) is 4. The molecule has 1 aliphatic heterocycles. The van der Waals surface area contributed by atoms with E-state index in [0.717, 1.165) is 18.9 Å². The molecule has 1 aliphatic rings. The van der Waals surface area contributed by atoms with Gasteiger partial charge in [0, 0.05) is 19.3 Å². The van der Waals surface area contributed by atoms with Crippen LogP contribution in [0, 0.1) is 10.5 Å². The zero-order valence-electron chi connectivity index (χ0n) is 9.07. The maximum absolute atomic E-state index is 11.9. The Bertz CT molecular complexity index is 427. The lowest BCUT2D eigenvalue weighted by atomic mass is 10.3. The maximum Gasteiger partial charge on any atom is 0.267 e. The van der Waals surface area contributed by atoms with E-state index in [1.54, 1.807) is 10.8 Å². The van der Waals surface area contributed by atoms with Crippen molar-refractivity contribution in [3.8, 4) is 0 Å². The van der Waals surface area contributed by atoms with Crippen molar-refractivity contribution in [3.63, 3.8) is 0 Å². The van der Waals surface area contributed by atoms with Crippen LogP contribution in [0.4, 0.5) is 0 Å². The minimum absolute atomic E-state index is 0.0160. The number of nitrogens with one attached hydrogen (secondary N) is 1. The summed E-state index contributed by atoms with van der Waals surface area (Å²) in [5, 5.41) is 3.25. The Morgan fingerprint density at radius 1 is 1.75 bits per heavy atom. The molecule has 1 atom stereocenters. The first-order valence-corrected chi connectivity index (χ1v) is 6.30. The van der Waals surface area contributed by atoms with Crippen LogP contribution < -0.4 is 10.9 Å². The third-order valence-corrected chi connectivity index (χ3v) is 3.34. The summed E-state index contributed by atoms with van der Waals surface area (Å²) < 4.78 is 7.90. The normalized spacial score (nSPS) is 21.0. The predicted octanol–water partition coefficient (Wildman–Crippen LogP) is 0.145. The summed E-state index contributed by atoms with van der Waals surface area (Å²) in [6, 6.07) is 0. The molecule has 1 aromatic rings. The van der Waals surface area contributed by atoms with E-state index in [9.17, 15) is 4.79 Å². The van der Waals surface area contributed by atoms with Gasteiger partial charge in [0.25, 0.3) is 5.56 Å². The fourth-order valence-electron chi connectivity index (χ4n) is 1.71. The van der Waals surface area contributed by atoms with Crippen LogP contribution >= 0.6 is 22.6 Å². The smallest absolute Gasteiger partial charge is 0.267 e. The number of ether oxygens (including phenoxy) is 1. The maximum atomic E-state index is 11.9. The topological polar surface area (TPSA) is 56.2 Å². The lowest BCUT2D eigenvalue weighted by Gasteiger charge is -2.24. The van der Waals surface area contributed by atoms with Crippen LogP contribution in [0.2, 0.25) is 0 Å². The molecule has 2 heterocycles. The zero-order chi connectivity index (χ0) is 11.5. The highest BCUT2D eigenvalue weighted by Crippen LogP contribution is 2.02. The molecule has 0 spiro atoms. The first kappa shape index (κ1) is 12.0. The molecule has 0 aromatic carbocycles. The number of rotatable bonds is 2. The SMILES string of the molecule is Cc1ncc(I)c(=O)n1CC1CNCCO1. The molecule has 0 saturated carbocycles. The minimum atomic E-state index is 0.0160. The van der Waals surface area contributed by atoms with Crippen molar-refractivity contribution in [2.75, 3.05) is 19.7 Å². The fourth-order valence-corrected chi connectivity index (χ4v) is 2.14. The van der Waals surface area contributed by atoms with Crippen LogP contribution in [0.15, 0.2) is 11.0 Å². The summed E-state index contributed by atoms with van der Waals surface area (Å²) in [6.45, 7) is 4.79. The summed E-state index contributed by atoms with van der Waals surface area (Å²) >= 11 is 2.01. The highest BCUT2D eigenvalue weighted by atomic mass is 127. The Morgan fingerprint density at radius 3 is 3.25 bits per heavy atom. The molecule has 88 valence electrons. The Hall–Kier alpha value is -0.470. The second-order valence-electron chi connectivity index (χ2n) is 3.77. The molecule has 0 radical (unpaired) electrons. The van der Waals surface area contributed by atoms with Crippen LogP contribution in [0.5, 0.6) is 0 Å². The van der Waals surface area contributed by atoms with Gasteiger partial charge in [0.15, 0.2) is 0 Å². The van der Waals surface area contributed by atoms with E-state index in [1.165, 1.54) is 0 Å². The van der Waals surface area contributed by atoms with Gasteiger partial charge in [0.1, 0.15) is 5.82 Å². The van der Waals surface area contributed by atoms with Crippen molar-refractivity contribution in [1.82, 2.24) is 14.9 Å². The molecule has 6 heteroatoms. The van der Waals surface area contributed by atoms with Gasteiger partial charge >= 0.3 is 0 Å². The molecule has 0 aliphatic carbocycles. The third-order valence-electron chi connectivity index (χ3n) is 2.60. The monoisotopic (exact) mass is 335 g/mol. The van der Waals surface area contributed by atoms with Gasteiger partial charge in [-0.1, -0.05) is 0 Å². The molecule has 1 N–H and O–H groups in total. The molecular formula is C10H14IN3O2. The first-order valence-electron chi connectivity index (χ1n) is 5.23. The van der Waals surface area contributed by atoms with Gasteiger partial charge in [-0.25, -0.2) is 4.98 Å². The molecule has 1 aromatic heterocycles. The van der Waals surface area contributed by atoms with Gasteiger partial charge in [0.05, 0.1) is 22.8 Å². The van der Waals surface area contributed by atoms with Gasteiger partial charge in [-0.2, -0.15) is 0 Å². The van der Waals surface area contributed by atoms with Crippen LogP contribution in [-0.2, 0) is 11.3 Å². The molecule has 1 unspecified atom stereocenters. The third kappa shape index (κ3) is 2.61. The summed E-state index contributed by atoms with van der Waals surface area (Å²) in [4.78, 5) is 16.1. The van der Waals surface area contributed by atoms with Gasteiger partial charge < -0.3 is 10.1 Å². The van der Waals surface area contributed by atoms with Crippen LogP contribution in [0.25, 0.3) is 0 Å². The van der Waals surface area contributed by atoms with E-state index < -0.39 is 0 Å². The number of morpholine rings is 1. The van der Waals surface area contributed by atoms with Crippen LogP contribution in [-0.4, -0.2) is 35.4 Å². The molecule has 2 rings (SSSR count). The molecule has 0 amide bonds. The van der Waals surface area contributed by atoms with Gasteiger partial charge in [-0.3, -0.25) is 9.36 Å². The number of aromatic nitrogens is 2. The summed E-state index contributed by atoms with van der Waals surface area (Å²) in [5.41, 5.74) is 0.0160. The molecule has 16 heavy (non-hydrogen) atoms. The van der Waals surface area contributed by atoms with E-state index in [-0.39, 0.29) is 11.7 Å². The van der Waals surface area contributed by atoms with E-state index in [1.807, 2.05) is 29.5 Å². The number of hydrogen-bond donors (Lipinski definition) is 1. The van der Waals surface area contributed by atoms with Crippen LogP contribution in [0.3, 0.4) is 0 Å². The molecular weight excluding hydrogens is 321 g/mol. The van der Waals surface area contributed by atoms with Gasteiger partial charge in [0.2, 0.25) is 0 Å². The number of nitrogens with zero attached hydrogens (tertiary/aromatic N) is 2. The minimum Gasteiger partial charge on any atom is -0.374 e. The second-order valence-corrected chi connectivity index (χ2v) is 4.93. The molecule has 5 nitrogen and oxygen atoms in total. The Morgan fingerprint density at radius 2 is 2.56 bits per heavy atom. The summed E-state index contributed by atoms with van der Waals surface area (Å²) in [7, 11) is 0. The van der Waals surface area contributed by atoms with Crippen molar-refractivity contribution >= 4 is 22.6 Å². The van der Waals surface area contributed by atoms with Crippen LogP contribution in [0.1, 0.15) is 5.82 Å².